The highest BCUT2D eigenvalue weighted by molar-refractivity contribution is 4.92. The first-order valence-electron chi connectivity index (χ1n) is 4.63. The summed E-state index contributed by atoms with van der Waals surface area (Å²) in [7, 11) is 2.14. The van der Waals surface area contributed by atoms with E-state index in [1.807, 2.05) is 0 Å². The van der Waals surface area contributed by atoms with Crippen LogP contribution in [0.5, 0.6) is 0 Å². The fourth-order valence-electron chi connectivity index (χ4n) is 1.09. The third-order valence-corrected chi connectivity index (χ3v) is 1.96. The molecule has 12 heavy (non-hydrogen) atoms. The predicted octanol–water partition coefficient (Wildman–Crippen LogP) is 1.49. The second kappa shape index (κ2) is 6.21. The Morgan fingerprint density at radius 1 is 1.58 bits per heavy atom. The van der Waals surface area contributed by atoms with Crippen LogP contribution >= 0.6 is 0 Å². The Labute approximate surface area is 76.6 Å². The van der Waals surface area contributed by atoms with Crippen LogP contribution in [0.3, 0.4) is 0 Å². The number of rotatable bonds is 6. The highest BCUT2D eigenvalue weighted by Crippen LogP contribution is 1.98. The molecule has 0 saturated heterocycles. The largest absolute Gasteiger partial charge is 0.315 e. The maximum Gasteiger partial charge on any atom is 0.0192 e. The van der Waals surface area contributed by atoms with E-state index >= 15 is 0 Å². The molecular formula is C10H22N2. The molecule has 0 aromatic rings. The van der Waals surface area contributed by atoms with E-state index in [9.17, 15) is 0 Å². The topological polar surface area (TPSA) is 15.3 Å². The molecule has 1 unspecified atom stereocenters. The van der Waals surface area contributed by atoms with Gasteiger partial charge in [0.15, 0.2) is 0 Å². The molecule has 2 nitrogen and oxygen atoms in total. The van der Waals surface area contributed by atoms with Crippen LogP contribution in [0.4, 0.5) is 0 Å². The Hall–Kier alpha value is -0.340. The molecule has 0 fully saturated rings. The second-order valence-corrected chi connectivity index (χ2v) is 3.53. The average Bonchev–Trinajstić information content (AvgIpc) is 1.98. The van der Waals surface area contributed by atoms with Crippen LogP contribution in [0, 0.1) is 0 Å². The molecule has 0 aromatic carbocycles. The SMILES string of the molecule is C=C(C)CN(C)C(C)CNCC. The van der Waals surface area contributed by atoms with E-state index in [0.29, 0.717) is 6.04 Å². The molecule has 0 aliphatic heterocycles. The van der Waals surface area contributed by atoms with Crippen molar-refractivity contribution in [3.63, 3.8) is 0 Å². The zero-order valence-electron chi connectivity index (χ0n) is 8.85. The summed E-state index contributed by atoms with van der Waals surface area (Å²) in [5.74, 6) is 0. The minimum Gasteiger partial charge on any atom is -0.315 e. The lowest BCUT2D eigenvalue weighted by Crippen LogP contribution is -2.38. The molecule has 0 saturated carbocycles. The first kappa shape index (κ1) is 11.7. The number of likely N-dealkylation sites (N-methyl/N-ethyl adjacent to an activating group) is 2. The lowest BCUT2D eigenvalue weighted by molar-refractivity contribution is 0.272. The van der Waals surface area contributed by atoms with Gasteiger partial charge in [-0.25, -0.2) is 0 Å². The molecule has 1 atom stereocenters. The monoisotopic (exact) mass is 170 g/mol. The summed E-state index contributed by atoms with van der Waals surface area (Å²) < 4.78 is 0. The van der Waals surface area contributed by atoms with Gasteiger partial charge >= 0.3 is 0 Å². The first-order chi connectivity index (χ1) is 5.57. The number of nitrogens with one attached hydrogen (secondary N) is 1. The molecule has 0 heterocycles. The quantitative estimate of drug-likeness (QED) is 0.608. The highest BCUT2D eigenvalue weighted by Gasteiger charge is 2.07. The molecule has 0 aliphatic rings. The van der Waals surface area contributed by atoms with E-state index in [1.54, 1.807) is 0 Å². The number of nitrogens with zero attached hydrogens (tertiary/aromatic N) is 1. The molecule has 0 bridgehead atoms. The van der Waals surface area contributed by atoms with Gasteiger partial charge < -0.3 is 5.32 Å². The van der Waals surface area contributed by atoms with Crippen molar-refractivity contribution in [2.75, 3.05) is 26.7 Å². The Balaban J connectivity index is 3.60. The van der Waals surface area contributed by atoms with Crippen molar-refractivity contribution in [3.8, 4) is 0 Å². The van der Waals surface area contributed by atoms with Crippen LogP contribution in [0.2, 0.25) is 0 Å². The van der Waals surface area contributed by atoms with Crippen molar-refractivity contribution in [1.29, 1.82) is 0 Å². The number of hydrogen-bond donors (Lipinski definition) is 1. The van der Waals surface area contributed by atoms with Gasteiger partial charge in [-0.05, 0) is 27.4 Å². The fourth-order valence-corrected chi connectivity index (χ4v) is 1.09. The van der Waals surface area contributed by atoms with Gasteiger partial charge in [0.25, 0.3) is 0 Å². The van der Waals surface area contributed by atoms with Gasteiger partial charge in [0.1, 0.15) is 0 Å². The second-order valence-electron chi connectivity index (χ2n) is 3.53. The van der Waals surface area contributed by atoms with E-state index in [1.165, 1.54) is 5.57 Å². The summed E-state index contributed by atoms with van der Waals surface area (Å²) >= 11 is 0. The van der Waals surface area contributed by atoms with Crippen molar-refractivity contribution < 1.29 is 0 Å². The fraction of sp³-hybridized carbons (Fsp3) is 0.800. The molecule has 0 aromatic heterocycles. The van der Waals surface area contributed by atoms with Crippen molar-refractivity contribution in [1.82, 2.24) is 10.2 Å². The minimum atomic E-state index is 0.585. The molecule has 72 valence electrons. The third kappa shape index (κ3) is 5.33. The molecule has 0 rings (SSSR count). The summed E-state index contributed by atoms with van der Waals surface area (Å²) in [5.41, 5.74) is 1.22. The predicted molar refractivity (Wildman–Crippen MR) is 55.4 cm³/mol. The van der Waals surface area contributed by atoms with Crippen molar-refractivity contribution in [2.45, 2.75) is 26.8 Å². The molecule has 1 N–H and O–H groups in total. The van der Waals surface area contributed by atoms with Gasteiger partial charge in [-0.15, -0.1) is 0 Å². The van der Waals surface area contributed by atoms with E-state index in [-0.39, 0.29) is 0 Å². The Kier molecular flexibility index (Phi) is 6.03. The van der Waals surface area contributed by atoms with Crippen molar-refractivity contribution in [3.05, 3.63) is 12.2 Å². The molecule has 2 heteroatoms. The van der Waals surface area contributed by atoms with E-state index in [2.05, 4.69) is 44.6 Å². The average molecular weight is 170 g/mol. The van der Waals surface area contributed by atoms with Crippen LogP contribution in [0.15, 0.2) is 12.2 Å². The van der Waals surface area contributed by atoms with Gasteiger partial charge in [0.05, 0.1) is 0 Å². The Morgan fingerprint density at radius 3 is 2.58 bits per heavy atom. The van der Waals surface area contributed by atoms with E-state index in [4.69, 9.17) is 0 Å². The third-order valence-electron chi connectivity index (χ3n) is 1.96. The van der Waals surface area contributed by atoms with Crippen LogP contribution in [0.1, 0.15) is 20.8 Å². The van der Waals surface area contributed by atoms with Crippen LogP contribution in [-0.4, -0.2) is 37.6 Å². The summed E-state index contributed by atoms with van der Waals surface area (Å²) in [6, 6.07) is 0.585. The molecule has 0 aliphatic carbocycles. The van der Waals surface area contributed by atoms with Crippen LogP contribution < -0.4 is 5.32 Å². The molecule has 0 radical (unpaired) electrons. The Morgan fingerprint density at radius 2 is 2.17 bits per heavy atom. The van der Waals surface area contributed by atoms with Gasteiger partial charge in [0, 0.05) is 19.1 Å². The lowest BCUT2D eigenvalue weighted by Gasteiger charge is -2.24. The Bertz CT molecular complexity index is 132. The maximum atomic E-state index is 3.90. The highest BCUT2D eigenvalue weighted by atomic mass is 15.1. The van der Waals surface area contributed by atoms with Gasteiger partial charge in [-0.3, -0.25) is 4.90 Å². The lowest BCUT2D eigenvalue weighted by atomic mass is 10.2. The van der Waals surface area contributed by atoms with Gasteiger partial charge in [-0.2, -0.15) is 0 Å². The smallest absolute Gasteiger partial charge is 0.0192 e. The van der Waals surface area contributed by atoms with Crippen LogP contribution in [0.25, 0.3) is 0 Å². The van der Waals surface area contributed by atoms with Crippen molar-refractivity contribution in [2.24, 2.45) is 0 Å². The van der Waals surface area contributed by atoms with Crippen LogP contribution in [-0.2, 0) is 0 Å². The van der Waals surface area contributed by atoms with Gasteiger partial charge in [-0.1, -0.05) is 19.1 Å². The molecule has 0 amide bonds. The summed E-state index contributed by atoms with van der Waals surface area (Å²) in [6.07, 6.45) is 0. The van der Waals surface area contributed by atoms with Crippen molar-refractivity contribution >= 4 is 0 Å². The minimum absolute atomic E-state index is 0.585. The summed E-state index contributed by atoms with van der Waals surface area (Å²) in [4.78, 5) is 2.31. The standard InChI is InChI=1S/C10H22N2/c1-6-11-7-10(4)12(5)8-9(2)3/h10-11H,2,6-8H2,1,3-5H3. The zero-order chi connectivity index (χ0) is 9.56. The normalized spacial score (nSPS) is 13.4. The first-order valence-corrected chi connectivity index (χ1v) is 4.63. The summed E-state index contributed by atoms with van der Waals surface area (Å²) in [5, 5.41) is 3.33. The maximum absolute atomic E-state index is 3.90. The van der Waals surface area contributed by atoms with Gasteiger partial charge in [0.2, 0.25) is 0 Å². The molecular weight excluding hydrogens is 148 g/mol. The van der Waals surface area contributed by atoms with E-state index < -0.39 is 0 Å². The molecule has 0 spiro atoms. The number of hydrogen-bond acceptors (Lipinski definition) is 2. The van der Waals surface area contributed by atoms with E-state index in [0.717, 1.165) is 19.6 Å². The summed E-state index contributed by atoms with van der Waals surface area (Å²) in [6.45, 7) is 13.4. The zero-order valence-corrected chi connectivity index (χ0v) is 8.85.